The summed E-state index contributed by atoms with van der Waals surface area (Å²) in [4.78, 5) is 25.6. The van der Waals surface area contributed by atoms with Crippen molar-refractivity contribution in [3.63, 3.8) is 0 Å². The van der Waals surface area contributed by atoms with Gasteiger partial charge in [0.15, 0.2) is 0 Å². The van der Waals surface area contributed by atoms with Crippen LogP contribution in [-0.2, 0) is 9.84 Å². The topological polar surface area (TPSA) is 83.6 Å². The summed E-state index contributed by atoms with van der Waals surface area (Å²) in [7, 11) is -1.51. The molecule has 0 aliphatic heterocycles. The van der Waals surface area contributed by atoms with Gasteiger partial charge >= 0.3 is 5.76 Å². The number of carbonyl (C=O) groups is 2. The Kier molecular flexibility index (Phi) is 6.55. The van der Waals surface area contributed by atoms with Crippen molar-refractivity contribution < 1.29 is 26.8 Å². The Bertz CT molecular complexity index is 946. The number of hydrogen-bond donors (Lipinski definition) is 1. The Labute approximate surface area is 159 Å². The maximum Gasteiger partial charge on any atom is 0.341 e. The average molecular weight is 414 g/mol. The fraction of sp³-hybridized carbons (Fsp3) is 0.176. The second kappa shape index (κ2) is 8.49. The number of halogens is 2. The number of thioether (sulfide) groups is 1. The number of para-hydroxylation sites is 1. The van der Waals surface area contributed by atoms with E-state index >= 15 is 0 Å². The maximum absolute atomic E-state index is 12.5. The Hall–Kier alpha value is -2.46. The molecule has 1 N–H and O–H groups in total. The third-order valence-corrected chi connectivity index (χ3v) is 5.89. The number of anilines is 1. The molecule has 0 saturated carbocycles. The third-order valence-electron chi connectivity index (χ3n) is 3.38. The van der Waals surface area contributed by atoms with Crippen molar-refractivity contribution in [1.82, 2.24) is 4.90 Å². The Morgan fingerprint density at radius 3 is 2.19 bits per heavy atom. The molecule has 0 unspecified atom stereocenters. The van der Waals surface area contributed by atoms with Gasteiger partial charge in [0.25, 0.3) is 11.1 Å². The number of nitrogens with zero attached hydrogens (tertiary/aromatic N) is 1. The minimum Gasteiger partial charge on any atom is -0.339 e. The van der Waals surface area contributed by atoms with Gasteiger partial charge in [0.1, 0.15) is 0 Å². The zero-order chi connectivity index (χ0) is 20.2. The molecule has 0 radical (unpaired) electrons. The van der Waals surface area contributed by atoms with Crippen LogP contribution in [-0.4, -0.2) is 44.3 Å². The van der Waals surface area contributed by atoms with Crippen LogP contribution < -0.4 is 5.32 Å². The zero-order valence-electron chi connectivity index (χ0n) is 14.3. The molecule has 2 aromatic carbocycles. The highest BCUT2D eigenvalue weighted by Gasteiger charge is 2.26. The lowest BCUT2D eigenvalue weighted by molar-refractivity contribution is 0.102. The maximum atomic E-state index is 12.5. The molecule has 10 heteroatoms. The van der Waals surface area contributed by atoms with Crippen LogP contribution in [0.4, 0.5) is 19.3 Å². The van der Waals surface area contributed by atoms with E-state index in [1.807, 2.05) is 0 Å². The summed E-state index contributed by atoms with van der Waals surface area (Å²) in [6.45, 7) is 0. The highest BCUT2D eigenvalue weighted by atomic mass is 32.2. The molecule has 144 valence electrons. The van der Waals surface area contributed by atoms with Gasteiger partial charge in [-0.2, -0.15) is 8.78 Å². The van der Waals surface area contributed by atoms with Crippen LogP contribution in [0, 0.1) is 0 Å². The Balaban J connectivity index is 2.20. The predicted octanol–water partition coefficient (Wildman–Crippen LogP) is 3.71. The fourth-order valence-electron chi connectivity index (χ4n) is 1.94. The molecule has 0 fully saturated rings. The molecule has 0 spiro atoms. The highest BCUT2D eigenvalue weighted by molar-refractivity contribution is 8.13. The Morgan fingerprint density at radius 1 is 1.04 bits per heavy atom. The summed E-state index contributed by atoms with van der Waals surface area (Å²) < 4.78 is 47.9. The molecular formula is C17H16F2N2O4S2. The molecule has 0 aliphatic carbocycles. The van der Waals surface area contributed by atoms with E-state index in [9.17, 15) is 26.8 Å². The minimum absolute atomic E-state index is 0.0851. The second-order valence-electron chi connectivity index (χ2n) is 5.54. The van der Waals surface area contributed by atoms with Crippen molar-refractivity contribution in [2.24, 2.45) is 0 Å². The first-order valence-corrected chi connectivity index (χ1v) is 9.91. The van der Waals surface area contributed by atoms with Crippen LogP contribution in [0.3, 0.4) is 0 Å². The Morgan fingerprint density at radius 2 is 1.63 bits per heavy atom. The molecule has 0 bridgehead atoms. The lowest BCUT2D eigenvalue weighted by Gasteiger charge is -2.13. The van der Waals surface area contributed by atoms with E-state index in [0.717, 1.165) is 36.0 Å². The molecule has 0 saturated heterocycles. The molecule has 6 nitrogen and oxygen atoms in total. The fourth-order valence-corrected chi connectivity index (χ4v) is 3.41. The van der Waals surface area contributed by atoms with Gasteiger partial charge < -0.3 is 10.2 Å². The SMILES string of the molecule is CN(C)C(=O)Sc1ccccc1NC(=O)c1ccc(S(=O)(=O)C(F)F)cc1. The molecule has 27 heavy (non-hydrogen) atoms. The van der Waals surface area contributed by atoms with Gasteiger partial charge in [0.2, 0.25) is 9.84 Å². The van der Waals surface area contributed by atoms with Gasteiger partial charge in [-0.15, -0.1) is 0 Å². The van der Waals surface area contributed by atoms with Crippen LogP contribution in [0.15, 0.2) is 58.3 Å². The molecule has 0 atom stereocenters. The lowest BCUT2D eigenvalue weighted by atomic mass is 10.2. The summed E-state index contributed by atoms with van der Waals surface area (Å²) in [5.74, 6) is -4.10. The standard InChI is InChI=1S/C17H16F2N2O4S2/c1-21(2)17(23)26-14-6-4-3-5-13(14)20-15(22)11-7-9-12(10-8-11)27(24,25)16(18)19/h3-10,16H,1-2H3,(H,20,22). The molecular weight excluding hydrogens is 398 g/mol. The van der Waals surface area contributed by atoms with Crippen LogP contribution in [0.5, 0.6) is 0 Å². The van der Waals surface area contributed by atoms with E-state index in [1.165, 1.54) is 4.90 Å². The first-order valence-electron chi connectivity index (χ1n) is 7.54. The van der Waals surface area contributed by atoms with Crippen LogP contribution in [0.25, 0.3) is 0 Å². The van der Waals surface area contributed by atoms with Gasteiger partial charge in [-0.25, -0.2) is 8.42 Å². The molecule has 0 aliphatic rings. The van der Waals surface area contributed by atoms with Crippen molar-refractivity contribution in [1.29, 1.82) is 0 Å². The van der Waals surface area contributed by atoms with Crippen molar-refractivity contribution in [3.8, 4) is 0 Å². The van der Waals surface area contributed by atoms with Crippen molar-refractivity contribution >= 4 is 38.4 Å². The quantitative estimate of drug-likeness (QED) is 0.754. The van der Waals surface area contributed by atoms with E-state index in [-0.39, 0.29) is 10.8 Å². The van der Waals surface area contributed by atoms with E-state index in [2.05, 4.69) is 5.32 Å². The van der Waals surface area contributed by atoms with Crippen molar-refractivity contribution in [2.75, 3.05) is 19.4 Å². The first-order chi connectivity index (χ1) is 12.6. The average Bonchev–Trinajstić information content (AvgIpc) is 2.63. The second-order valence-corrected chi connectivity index (χ2v) is 8.45. The largest absolute Gasteiger partial charge is 0.341 e. The van der Waals surface area contributed by atoms with Crippen molar-refractivity contribution in [2.45, 2.75) is 15.5 Å². The molecule has 2 aromatic rings. The molecule has 0 heterocycles. The van der Waals surface area contributed by atoms with Gasteiger partial charge in [-0.3, -0.25) is 9.59 Å². The summed E-state index contributed by atoms with van der Waals surface area (Å²) in [5.41, 5.74) is 0.480. The predicted molar refractivity (Wildman–Crippen MR) is 99.0 cm³/mol. The normalized spacial score (nSPS) is 11.3. The number of benzene rings is 2. The number of amides is 2. The van der Waals surface area contributed by atoms with E-state index in [1.54, 1.807) is 38.4 Å². The third kappa shape index (κ3) is 5.04. The van der Waals surface area contributed by atoms with E-state index in [4.69, 9.17) is 0 Å². The van der Waals surface area contributed by atoms with Gasteiger partial charge in [-0.05, 0) is 48.2 Å². The van der Waals surface area contributed by atoms with Crippen LogP contribution in [0.2, 0.25) is 0 Å². The smallest absolute Gasteiger partial charge is 0.339 e. The number of nitrogens with one attached hydrogen (secondary N) is 1. The lowest BCUT2D eigenvalue weighted by Crippen LogP contribution is -2.17. The van der Waals surface area contributed by atoms with Gasteiger partial charge in [0.05, 0.1) is 10.6 Å². The number of alkyl halides is 2. The number of hydrogen-bond acceptors (Lipinski definition) is 5. The molecule has 0 aromatic heterocycles. The summed E-state index contributed by atoms with van der Waals surface area (Å²) in [6, 6.07) is 10.9. The number of rotatable bonds is 5. The van der Waals surface area contributed by atoms with Gasteiger partial charge in [0, 0.05) is 24.6 Å². The van der Waals surface area contributed by atoms with Crippen molar-refractivity contribution in [3.05, 3.63) is 54.1 Å². The summed E-state index contributed by atoms with van der Waals surface area (Å²) in [6.07, 6.45) is 0. The first kappa shape index (κ1) is 20.8. The molecule has 2 amide bonds. The van der Waals surface area contributed by atoms with E-state index < -0.39 is 26.4 Å². The minimum atomic E-state index is -4.72. The summed E-state index contributed by atoms with van der Waals surface area (Å²) >= 11 is 0.934. The number of sulfone groups is 1. The van der Waals surface area contributed by atoms with E-state index in [0.29, 0.717) is 10.6 Å². The zero-order valence-corrected chi connectivity index (χ0v) is 16.0. The summed E-state index contributed by atoms with van der Waals surface area (Å²) in [5, 5.41) is 2.40. The monoisotopic (exact) mass is 414 g/mol. The highest BCUT2D eigenvalue weighted by Crippen LogP contribution is 2.29. The van der Waals surface area contributed by atoms with Crippen LogP contribution in [0.1, 0.15) is 10.4 Å². The van der Waals surface area contributed by atoms with Gasteiger partial charge in [-0.1, -0.05) is 12.1 Å². The number of carbonyl (C=O) groups excluding carboxylic acids is 2. The molecule has 2 rings (SSSR count). The van der Waals surface area contributed by atoms with Crippen LogP contribution >= 0.6 is 11.8 Å².